The molecule has 5 nitrogen and oxygen atoms in total. The largest absolute Gasteiger partial charge is 0.391 e. The van der Waals surface area contributed by atoms with Crippen LogP contribution in [-0.2, 0) is 11.2 Å². The minimum Gasteiger partial charge on any atom is -0.391 e. The summed E-state index contributed by atoms with van der Waals surface area (Å²) in [5.74, 6) is -0.600. The zero-order valence-corrected chi connectivity index (χ0v) is 12.8. The Morgan fingerprint density at radius 1 is 1.14 bits per heavy atom. The number of carbonyl (C=O) groups excluding carboxylic acids is 2. The fourth-order valence-electron chi connectivity index (χ4n) is 1.91. The van der Waals surface area contributed by atoms with E-state index in [1.807, 2.05) is 30.3 Å². The quantitative estimate of drug-likeness (QED) is 0.718. The van der Waals surface area contributed by atoms with Crippen LogP contribution in [0.3, 0.4) is 0 Å². The summed E-state index contributed by atoms with van der Waals surface area (Å²) in [5.41, 5.74) is 1.55. The summed E-state index contributed by atoms with van der Waals surface area (Å²) in [7, 11) is 0. The fraction of sp³-hybridized carbons (Fsp3) is 0.250. The van der Waals surface area contributed by atoms with Crippen LogP contribution >= 0.6 is 11.3 Å². The highest BCUT2D eigenvalue weighted by atomic mass is 32.1. The average Bonchev–Trinajstić information content (AvgIpc) is 3.06. The molecule has 2 amide bonds. The van der Waals surface area contributed by atoms with Gasteiger partial charge in [0.2, 0.25) is 5.91 Å². The normalized spacial score (nSPS) is 11.7. The zero-order valence-electron chi connectivity index (χ0n) is 12.0. The Kier molecular flexibility index (Phi) is 6.12. The third-order valence-electron chi connectivity index (χ3n) is 3.04. The number of benzene rings is 1. The second-order valence-corrected chi connectivity index (χ2v) is 5.62. The summed E-state index contributed by atoms with van der Waals surface area (Å²) >= 11 is 1.42. The Labute approximate surface area is 133 Å². The summed E-state index contributed by atoms with van der Waals surface area (Å²) in [4.78, 5) is 23.3. The van der Waals surface area contributed by atoms with Gasteiger partial charge in [0.25, 0.3) is 5.91 Å². The van der Waals surface area contributed by atoms with E-state index >= 15 is 0 Å². The minimum atomic E-state index is -0.654. The van der Waals surface area contributed by atoms with Gasteiger partial charge in [-0.15, -0.1) is 0 Å². The standard InChI is InChI=1S/C16H18N2O3S/c19-14(8-12-4-2-1-3-5-12)9-17-15(20)10-18-16(21)13-6-7-22-11-13/h1-7,11,14,19H,8-10H2,(H,17,20)(H,18,21). The minimum absolute atomic E-state index is 0.104. The molecule has 0 saturated carbocycles. The van der Waals surface area contributed by atoms with Crippen LogP contribution in [0.5, 0.6) is 0 Å². The van der Waals surface area contributed by atoms with Gasteiger partial charge in [-0.05, 0) is 17.0 Å². The monoisotopic (exact) mass is 318 g/mol. The van der Waals surface area contributed by atoms with Gasteiger partial charge < -0.3 is 15.7 Å². The van der Waals surface area contributed by atoms with Crippen LogP contribution in [0, 0.1) is 0 Å². The topological polar surface area (TPSA) is 78.4 Å². The van der Waals surface area contributed by atoms with Crippen molar-refractivity contribution in [3.05, 3.63) is 58.3 Å². The molecule has 0 aliphatic carbocycles. The molecule has 1 atom stereocenters. The number of hydrogen-bond donors (Lipinski definition) is 3. The molecule has 0 saturated heterocycles. The lowest BCUT2D eigenvalue weighted by Crippen LogP contribution is -2.40. The van der Waals surface area contributed by atoms with Crippen molar-refractivity contribution in [3.63, 3.8) is 0 Å². The molecule has 1 unspecified atom stereocenters. The van der Waals surface area contributed by atoms with Crippen molar-refractivity contribution < 1.29 is 14.7 Å². The molecule has 0 aliphatic rings. The van der Waals surface area contributed by atoms with Crippen molar-refractivity contribution in [1.29, 1.82) is 0 Å². The highest BCUT2D eigenvalue weighted by Crippen LogP contribution is 2.05. The van der Waals surface area contributed by atoms with E-state index in [0.29, 0.717) is 12.0 Å². The molecule has 0 aliphatic heterocycles. The highest BCUT2D eigenvalue weighted by molar-refractivity contribution is 7.08. The molecule has 1 aromatic carbocycles. The first-order chi connectivity index (χ1) is 10.6. The van der Waals surface area contributed by atoms with Crippen LogP contribution in [0.2, 0.25) is 0 Å². The van der Waals surface area contributed by atoms with E-state index in [4.69, 9.17) is 0 Å². The van der Waals surface area contributed by atoms with Crippen molar-refractivity contribution >= 4 is 23.2 Å². The van der Waals surface area contributed by atoms with E-state index in [2.05, 4.69) is 10.6 Å². The Morgan fingerprint density at radius 2 is 1.91 bits per heavy atom. The SMILES string of the molecule is O=C(CNC(=O)c1ccsc1)NCC(O)Cc1ccccc1. The van der Waals surface area contributed by atoms with E-state index < -0.39 is 6.10 Å². The molecule has 3 N–H and O–H groups in total. The predicted molar refractivity (Wildman–Crippen MR) is 85.8 cm³/mol. The van der Waals surface area contributed by atoms with Crippen molar-refractivity contribution in [1.82, 2.24) is 10.6 Å². The Hall–Kier alpha value is -2.18. The number of nitrogens with one attached hydrogen (secondary N) is 2. The van der Waals surface area contributed by atoms with Gasteiger partial charge in [-0.25, -0.2) is 0 Å². The van der Waals surface area contributed by atoms with Crippen molar-refractivity contribution in [3.8, 4) is 0 Å². The van der Waals surface area contributed by atoms with Crippen LogP contribution in [0.4, 0.5) is 0 Å². The van der Waals surface area contributed by atoms with Gasteiger partial charge in [0, 0.05) is 23.9 Å². The number of thiophene rings is 1. The molecule has 6 heteroatoms. The Balaban J connectivity index is 1.66. The van der Waals surface area contributed by atoms with Gasteiger partial charge in [0.05, 0.1) is 12.6 Å². The lowest BCUT2D eigenvalue weighted by Gasteiger charge is -2.12. The Morgan fingerprint density at radius 3 is 2.59 bits per heavy atom. The molecule has 116 valence electrons. The maximum atomic E-state index is 11.7. The van der Waals surface area contributed by atoms with Gasteiger partial charge >= 0.3 is 0 Å². The second-order valence-electron chi connectivity index (χ2n) is 4.84. The molecule has 1 aromatic heterocycles. The molecule has 0 spiro atoms. The second kappa shape index (κ2) is 8.31. The third kappa shape index (κ3) is 5.31. The van der Waals surface area contributed by atoms with Crippen molar-refractivity contribution in [2.75, 3.05) is 13.1 Å². The van der Waals surface area contributed by atoms with E-state index in [-0.39, 0.29) is 24.9 Å². The van der Waals surface area contributed by atoms with Crippen LogP contribution in [0.1, 0.15) is 15.9 Å². The molecule has 2 rings (SSSR count). The summed E-state index contributed by atoms with van der Waals surface area (Å²) < 4.78 is 0. The smallest absolute Gasteiger partial charge is 0.252 e. The first-order valence-corrected chi connectivity index (χ1v) is 7.88. The maximum Gasteiger partial charge on any atom is 0.252 e. The maximum absolute atomic E-state index is 11.7. The molecular weight excluding hydrogens is 300 g/mol. The lowest BCUT2D eigenvalue weighted by atomic mass is 10.1. The highest BCUT2D eigenvalue weighted by Gasteiger charge is 2.10. The zero-order chi connectivity index (χ0) is 15.8. The van der Waals surface area contributed by atoms with Gasteiger partial charge in [0.15, 0.2) is 0 Å². The van der Waals surface area contributed by atoms with Crippen LogP contribution in [0.25, 0.3) is 0 Å². The molecular formula is C16H18N2O3S. The van der Waals surface area contributed by atoms with E-state index in [9.17, 15) is 14.7 Å². The first-order valence-electron chi connectivity index (χ1n) is 6.94. The van der Waals surface area contributed by atoms with Gasteiger partial charge in [-0.2, -0.15) is 11.3 Å². The van der Waals surface area contributed by atoms with Gasteiger partial charge in [-0.1, -0.05) is 30.3 Å². The summed E-state index contributed by atoms with van der Waals surface area (Å²) in [6.07, 6.45) is -0.179. The van der Waals surface area contributed by atoms with Crippen LogP contribution in [0.15, 0.2) is 47.2 Å². The fourth-order valence-corrected chi connectivity index (χ4v) is 2.54. The van der Waals surface area contributed by atoms with Crippen LogP contribution in [-0.4, -0.2) is 36.1 Å². The molecule has 2 aromatic rings. The molecule has 0 bridgehead atoms. The molecule has 0 radical (unpaired) electrons. The number of hydrogen-bond acceptors (Lipinski definition) is 4. The summed E-state index contributed by atoms with van der Waals surface area (Å²) in [5, 5.41) is 18.5. The van der Waals surface area contributed by atoms with E-state index in [1.165, 1.54) is 11.3 Å². The number of carbonyl (C=O) groups is 2. The first kappa shape index (κ1) is 16.2. The van der Waals surface area contributed by atoms with Crippen LogP contribution < -0.4 is 10.6 Å². The number of rotatable bonds is 7. The predicted octanol–water partition coefficient (Wildman–Crippen LogP) is 1.20. The number of aliphatic hydroxyl groups excluding tert-OH is 1. The Bertz CT molecular complexity index is 599. The lowest BCUT2D eigenvalue weighted by molar-refractivity contribution is -0.120. The molecule has 0 fully saturated rings. The van der Waals surface area contributed by atoms with Crippen molar-refractivity contribution in [2.24, 2.45) is 0 Å². The van der Waals surface area contributed by atoms with E-state index in [0.717, 1.165) is 5.56 Å². The average molecular weight is 318 g/mol. The molecule has 22 heavy (non-hydrogen) atoms. The van der Waals surface area contributed by atoms with Gasteiger partial charge in [0.1, 0.15) is 0 Å². The number of aliphatic hydroxyl groups is 1. The van der Waals surface area contributed by atoms with Gasteiger partial charge in [-0.3, -0.25) is 9.59 Å². The number of amides is 2. The summed E-state index contributed by atoms with van der Waals surface area (Å²) in [6, 6.07) is 11.3. The van der Waals surface area contributed by atoms with E-state index in [1.54, 1.807) is 16.8 Å². The van der Waals surface area contributed by atoms with Crippen molar-refractivity contribution in [2.45, 2.75) is 12.5 Å². The molecule has 1 heterocycles. The third-order valence-corrected chi connectivity index (χ3v) is 3.73. The summed E-state index contributed by atoms with van der Waals surface area (Å²) in [6.45, 7) is 0.0504.